The zero-order valence-corrected chi connectivity index (χ0v) is 23.3. The maximum atomic E-state index is 12.5. The van der Waals surface area contributed by atoms with Gasteiger partial charge in [0, 0.05) is 6.92 Å². The zero-order chi connectivity index (χ0) is 28.8. The van der Waals surface area contributed by atoms with E-state index in [1.165, 1.54) is 19.1 Å². The van der Waals surface area contributed by atoms with Crippen molar-refractivity contribution in [2.45, 2.75) is 111 Å². The van der Waals surface area contributed by atoms with Crippen molar-refractivity contribution in [1.29, 1.82) is 0 Å². The van der Waals surface area contributed by atoms with E-state index in [2.05, 4.69) is 0 Å². The molecule has 0 aliphatic carbocycles. The van der Waals surface area contributed by atoms with Gasteiger partial charge in [-0.05, 0) is 64.7 Å². The van der Waals surface area contributed by atoms with Crippen LogP contribution in [0.5, 0.6) is 11.5 Å². The molecular weight excluding hydrogens is 498 g/mol. The standard InChI is InChI=1S/C27H41NO10/c1-8-10-16(3)33-26(31)37-23-13-12-21(15-24(23)38-27(32)34-17(4)11-9-2)14-22(28)25(30)36-19(6)18(5)35-20(7)29/h12-13,15-19,22H,8-11,14,28H2,1-7H3/t16-,17?,18?,19?,22-/m0/s1. The Bertz CT molecular complexity index is 934. The summed E-state index contributed by atoms with van der Waals surface area (Å²) in [6.45, 7) is 11.8. The molecule has 5 atom stereocenters. The van der Waals surface area contributed by atoms with Crippen molar-refractivity contribution >= 4 is 24.2 Å². The van der Waals surface area contributed by atoms with E-state index in [1.54, 1.807) is 33.8 Å². The lowest BCUT2D eigenvalue weighted by molar-refractivity contribution is -0.164. The highest BCUT2D eigenvalue weighted by atomic mass is 16.7. The molecule has 0 spiro atoms. The molecule has 0 aliphatic rings. The Labute approximate surface area is 224 Å². The van der Waals surface area contributed by atoms with Crippen molar-refractivity contribution in [1.82, 2.24) is 0 Å². The fourth-order valence-electron chi connectivity index (χ4n) is 3.39. The van der Waals surface area contributed by atoms with Gasteiger partial charge < -0.3 is 34.2 Å². The molecule has 214 valence electrons. The van der Waals surface area contributed by atoms with Gasteiger partial charge in [-0.25, -0.2) is 9.59 Å². The number of esters is 2. The van der Waals surface area contributed by atoms with Gasteiger partial charge in [0.05, 0.1) is 0 Å². The molecule has 11 heteroatoms. The van der Waals surface area contributed by atoms with E-state index in [0.29, 0.717) is 18.4 Å². The van der Waals surface area contributed by atoms with E-state index in [1.807, 2.05) is 13.8 Å². The van der Waals surface area contributed by atoms with Crippen LogP contribution < -0.4 is 15.2 Å². The molecule has 0 aromatic heterocycles. The maximum absolute atomic E-state index is 12.5. The summed E-state index contributed by atoms with van der Waals surface area (Å²) in [7, 11) is 0. The number of carbonyl (C=O) groups excluding carboxylic acids is 4. The van der Waals surface area contributed by atoms with Crippen molar-refractivity contribution in [3.05, 3.63) is 23.8 Å². The Morgan fingerprint density at radius 3 is 1.76 bits per heavy atom. The van der Waals surface area contributed by atoms with Crippen LogP contribution in [0, 0.1) is 0 Å². The number of benzene rings is 1. The lowest BCUT2D eigenvalue weighted by Crippen LogP contribution is -2.39. The molecule has 1 aromatic rings. The molecule has 1 aromatic carbocycles. The van der Waals surface area contributed by atoms with Gasteiger partial charge in [-0.2, -0.15) is 0 Å². The normalized spacial score (nSPS) is 14.7. The van der Waals surface area contributed by atoms with Gasteiger partial charge in [0.2, 0.25) is 0 Å². The fourth-order valence-corrected chi connectivity index (χ4v) is 3.39. The van der Waals surface area contributed by atoms with Gasteiger partial charge in [0.15, 0.2) is 11.5 Å². The minimum atomic E-state index is -1.07. The number of hydrogen-bond acceptors (Lipinski definition) is 11. The first-order valence-corrected chi connectivity index (χ1v) is 12.9. The highest BCUT2D eigenvalue weighted by Crippen LogP contribution is 2.30. The van der Waals surface area contributed by atoms with Crippen LogP contribution in [0.4, 0.5) is 9.59 Å². The van der Waals surface area contributed by atoms with E-state index in [4.69, 9.17) is 34.2 Å². The molecular formula is C27H41NO10. The fraction of sp³-hybridized carbons (Fsp3) is 0.630. The van der Waals surface area contributed by atoms with E-state index in [-0.39, 0.29) is 30.1 Å². The largest absolute Gasteiger partial charge is 0.514 e. The second kappa shape index (κ2) is 16.5. The number of ether oxygens (including phenoxy) is 6. The lowest BCUT2D eigenvalue weighted by atomic mass is 10.1. The molecule has 0 heterocycles. The molecule has 0 amide bonds. The number of hydrogen-bond donors (Lipinski definition) is 1. The Morgan fingerprint density at radius 2 is 1.26 bits per heavy atom. The summed E-state index contributed by atoms with van der Waals surface area (Å²) in [5.41, 5.74) is 6.53. The maximum Gasteiger partial charge on any atom is 0.514 e. The smallest absolute Gasteiger partial charge is 0.459 e. The Hall–Kier alpha value is -3.34. The number of rotatable bonds is 14. The Balaban J connectivity index is 3.01. The zero-order valence-electron chi connectivity index (χ0n) is 23.3. The van der Waals surface area contributed by atoms with Crippen LogP contribution in [-0.2, 0) is 35.0 Å². The molecule has 1 rings (SSSR count). The molecule has 0 fully saturated rings. The van der Waals surface area contributed by atoms with Gasteiger partial charge in [-0.15, -0.1) is 0 Å². The van der Waals surface area contributed by atoms with E-state index >= 15 is 0 Å². The number of carbonyl (C=O) groups is 4. The first kappa shape index (κ1) is 32.7. The van der Waals surface area contributed by atoms with Crippen molar-refractivity contribution in [2.75, 3.05) is 0 Å². The highest BCUT2D eigenvalue weighted by molar-refractivity contribution is 5.76. The topological polar surface area (TPSA) is 150 Å². The van der Waals surface area contributed by atoms with Crippen LogP contribution in [0.3, 0.4) is 0 Å². The highest BCUT2D eigenvalue weighted by Gasteiger charge is 2.25. The summed E-state index contributed by atoms with van der Waals surface area (Å²) in [6.07, 6.45) is -1.07. The van der Waals surface area contributed by atoms with Crippen LogP contribution in [0.1, 0.15) is 79.7 Å². The Kier molecular flexibility index (Phi) is 14.2. The van der Waals surface area contributed by atoms with E-state index in [0.717, 1.165) is 12.8 Å². The van der Waals surface area contributed by atoms with Crippen LogP contribution in [0.2, 0.25) is 0 Å². The van der Waals surface area contributed by atoms with Gasteiger partial charge in [-0.1, -0.05) is 32.8 Å². The molecule has 3 unspecified atom stereocenters. The molecule has 38 heavy (non-hydrogen) atoms. The summed E-state index contributed by atoms with van der Waals surface area (Å²) >= 11 is 0. The third-order valence-electron chi connectivity index (χ3n) is 5.45. The average molecular weight is 540 g/mol. The van der Waals surface area contributed by atoms with Crippen LogP contribution in [0.15, 0.2) is 18.2 Å². The summed E-state index contributed by atoms with van der Waals surface area (Å²) in [5.74, 6) is -1.37. The predicted molar refractivity (Wildman–Crippen MR) is 138 cm³/mol. The van der Waals surface area contributed by atoms with Gasteiger partial charge >= 0.3 is 24.2 Å². The minimum Gasteiger partial charge on any atom is -0.459 e. The van der Waals surface area contributed by atoms with E-state index < -0.39 is 42.5 Å². The average Bonchev–Trinajstić information content (AvgIpc) is 2.80. The molecule has 0 bridgehead atoms. The molecule has 0 saturated carbocycles. The molecule has 11 nitrogen and oxygen atoms in total. The van der Waals surface area contributed by atoms with E-state index in [9.17, 15) is 19.2 Å². The first-order valence-electron chi connectivity index (χ1n) is 12.9. The van der Waals surface area contributed by atoms with Crippen molar-refractivity contribution in [3.63, 3.8) is 0 Å². The predicted octanol–water partition coefficient (Wildman–Crippen LogP) is 4.85. The van der Waals surface area contributed by atoms with Crippen LogP contribution in [0.25, 0.3) is 0 Å². The minimum absolute atomic E-state index is 0.0173. The van der Waals surface area contributed by atoms with Crippen molar-refractivity contribution in [3.8, 4) is 11.5 Å². The number of nitrogens with two attached hydrogens (primary N) is 1. The van der Waals surface area contributed by atoms with Crippen LogP contribution in [-0.4, -0.2) is 54.7 Å². The van der Waals surface area contributed by atoms with Gasteiger partial charge in [-0.3, -0.25) is 9.59 Å². The SMILES string of the molecule is CCCC(C)OC(=O)Oc1cc(C[C@H](N)C(=O)OC(C)C(C)OC(C)=O)ccc1OC(=O)O[C@@H](C)CCC. The molecule has 2 N–H and O–H groups in total. The first-order chi connectivity index (χ1) is 17.9. The molecule has 0 radical (unpaired) electrons. The molecule has 0 saturated heterocycles. The second-order valence-electron chi connectivity index (χ2n) is 9.19. The lowest BCUT2D eigenvalue weighted by Gasteiger charge is -2.22. The summed E-state index contributed by atoms with van der Waals surface area (Å²) in [6, 6.07) is 3.32. The van der Waals surface area contributed by atoms with Gasteiger partial charge in [0.25, 0.3) is 0 Å². The summed E-state index contributed by atoms with van der Waals surface area (Å²) in [5, 5.41) is 0. The third-order valence-corrected chi connectivity index (χ3v) is 5.45. The van der Waals surface area contributed by atoms with Gasteiger partial charge in [0.1, 0.15) is 30.5 Å². The molecule has 0 aliphatic heterocycles. The summed E-state index contributed by atoms with van der Waals surface area (Å²) < 4.78 is 31.4. The van der Waals surface area contributed by atoms with Crippen LogP contribution >= 0.6 is 0 Å². The second-order valence-corrected chi connectivity index (χ2v) is 9.19. The Morgan fingerprint density at radius 1 is 0.763 bits per heavy atom. The van der Waals surface area contributed by atoms with Crippen molar-refractivity contribution < 1.29 is 47.6 Å². The summed E-state index contributed by atoms with van der Waals surface area (Å²) in [4.78, 5) is 48.2. The quantitative estimate of drug-likeness (QED) is 0.196. The monoisotopic (exact) mass is 539 g/mol. The third kappa shape index (κ3) is 12.3. The van der Waals surface area contributed by atoms with Crippen molar-refractivity contribution in [2.24, 2.45) is 5.73 Å².